The molecule has 0 amide bonds. The van der Waals surface area contributed by atoms with Crippen molar-refractivity contribution >= 4 is 11.3 Å². The standard InChI is InChI=1S/C23H35N/c1-6-9-11-13-21(8-3)23-16-14-22(15-17-23)20(5)24-18-19(4)12-10-7-2/h9,11,13-17,19,24H,5-8,10,12,18H2,1-4H3/b11-9-,21-13+. The zero-order valence-corrected chi connectivity index (χ0v) is 16.1. The normalized spacial score (nSPS) is 13.2. The second-order valence-electron chi connectivity index (χ2n) is 6.57. The molecule has 1 atom stereocenters. The van der Waals surface area contributed by atoms with Gasteiger partial charge in [0.05, 0.1) is 0 Å². The average Bonchev–Trinajstić information content (AvgIpc) is 2.61. The molecule has 0 saturated heterocycles. The molecule has 0 aliphatic carbocycles. The van der Waals surface area contributed by atoms with Crippen molar-refractivity contribution in [3.63, 3.8) is 0 Å². The van der Waals surface area contributed by atoms with Crippen molar-refractivity contribution in [3.8, 4) is 0 Å². The number of hydrogen-bond acceptors (Lipinski definition) is 1. The molecular formula is C23H35N. The Balaban J connectivity index is 2.64. The molecule has 1 nitrogen and oxygen atoms in total. The average molecular weight is 326 g/mol. The van der Waals surface area contributed by atoms with Crippen LogP contribution in [-0.2, 0) is 0 Å². The predicted molar refractivity (Wildman–Crippen MR) is 110 cm³/mol. The van der Waals surface area contributed by atoms with Gasteiger partial charge < -0.3 is 5.32 Å². The number of rotatable bonds is 11. The number of nitrogens with one attached hydrogen (secondary N) is 1. The third-order valence-corrected chi connectivity index (χ3v) is 4.37. The van der Waals surface area contributed by atoms with E-state index in [1.807, 2.05) is 0 Å². The summed E-state index contributed by atoms with van der Waals surface area (Å²) in [6.07, 6.45) is 12.6. The van der Waals surface area contributed by atoms with Crippen molar-refractivity contribution in [2.75, 3.05) is 6.54 Å². The fourth-order valence-electron chi connectivity index (χ4n) is 2.68. The van der Waals surface area contributed by atoms with Gasteiger partial charge >= 0.3 is 0 Å². The van der Waals surface area contributed by atoms with E-state index < -0.39 is 0 Å². The largest absolute Gasteiger partial charge is 0.385 e. The molecule has 1 aromatic carbocycles. The first-order valence-electron chi connectivity index (χ1n) is 9.51. The summed E-state index contributed by atoms with van der Waals surface area (Å²) in [6.45, 7) is 14.1. The number of benzene rings is 1. The van der Waals surface area contributed by atoms with E-state index in [0.717, 1.165) is 25.1 Å². The number of unbranched alkanes of at least 4 members (excludes halogenated alkanes) is 1. The molecule has 0 radical (unpaired) electrons. The van der Waals surface area contributed by atoms with Gasteiger partial charge in [0.1, 0.15) is 0 Å². The fourth-order valence-corrected chi connectivity index (χ4v) is 2.68. The molecule has 0 heterocycles. The first-order valence-corrected chi connectivity index (χ1v) is 9.51. The lowest BCUT2D eigenvalue weighted by atomic mass is 10.00. The first kappa shape index (κ1) is 20.3. The minimum atomic E-state index is 0.695. The van der Waals surface area contributed by atoms with E-state index in [4.69, 9.17) is 0 Å². The minimum absolute atomic E-state index is 0.695. The van der Waals surface area contributed by atoms with E-state index in [1.54, 1.807) is 0 Å². The summed E-state index contributed by atoms with van der Waals surface area (Å²) < 4.78 is 0. The van der Waals surface area contributed by atoms with Gasteiger partial charge in [-0.2, -0.15) is 0 Å². The van der Waals surface area contributed by atoms with Gasteiger partial charge in [-0.15, -0.1) is 0 Å². The first-order chi connectivity index (χ1) is 11.6. The van der Waals surface area contributed by atoms with Crippen LogP contribution in [0.5, 0.6) is 0 Å². The molecule has 0 aliphatic rings. The molecule has 1 aromatic rings. The smallest absolute Gasteiger partial charge is 0.0340 e. The highest BCUT2D eigenvalue weighted by atomic mass is 14.9. The van der Waals surface area contributed by atoms with Gasteiger partial charge in [-0.3, -0.25) is 0 Å². The van der Waals surface area contributed by atoms with Gasteiger partial charge in [-0.1, -0.05) is 89.6 Å². The van der Waals surface area contributed by atoms with Crippen LogP contribution < -0.4 is 5.32 Å². The molecule has 1 heteroatoms. The summed E-state index contributed by atoms with van der Waals surface area (Å²) in [5.74, 6) is 0.695. The van der Waals surface area contributed by atoms with E-state index in [1.165, 1.54) is 36.0 Å². The van der Waals surface area contributed by atoms with Crippen LogP contribution in [0, 0.1) is 5.92 Å². The Bertz CT molecular complexity index is 534. The molecule has 0 bridgehead atoms. The zero-order valence-electron chi connectivity index (χ0n) is 16.1. The quantitative estimate of drug-likeness (QED) is 0.439. The maximum Gasteiger partial charge on any atom is 0.0340 e. The molecule has 1 rings (SSSR count). The molecule has 24 heavy (non-hydrogen) atoms. The maximum absolute atomic E-state index is 4.20. The third-order valence-electron chi connectivity index (χ3n) is 4.37. The van der Waals surface area contributed by atoms with Gasteiger partial charge in [-0.25, -0.2) is 0 Å². The fraction of sp³-hybridized carbons (Fsp3) is 0.478. The molecule has 0 aliphatic heterocycles. The molecular weight excluding hydrogens is 290 g/mol. The Labute approximate surface area is 149 Å². The summed E-state index contributed by atoms with van der Waals surface area (Å²) in [5.41, 5.74) is 4.88. The summed E-state index contributed by atoms with van der Waals surface area (Å²) in [4.78, 5) is 0. The van der Waals surface area contributed by atoms with Crippen LogP contribution in [0.15, 0.2) is 49.1 Å². The van der Waals surface area contributed by atoms with E-state index in [9.17, 15) is 0 Å². The second-order valence-corrected chi connectivity index (χ2v) is 6.57. The summed E-state index contributed by atoms with van der Waals surface area (Å²) in [6, 6.07) is 8.76. The third kappa shape index (κ3) is 7.21. The molecule has 132 valence electrons. The van der Waals surface area contributed by atoms with Gasteiger partial charge in [0.25, 0.3) is 0 Å². The van der Waals surface area contributed by atoms with E-state index in [0.29, 0.717) is 5.92 Å². The van der Waals surface area contributed by atoms with Gasteiger partial charge in [0.15, 0.2) is 0 Å². The summed E-state index contributed by atoms with van der Waals surface area (Å²) in [7, 11) is 0. The van der Waals surface area contributed by atoms with Crippen LogP contribution in [0.4, 0.5) is 0 Å². The Morgan fingerprint density at radius 1 is 1.12 bits per heavy atom. The lowest BCUT2D eigenvalue weighted by Crippen LogP contribution is -2.19. The van der Waals surface area contributed by atoms with Crippen molar-refractivity contribution in [1.29, 1.82) is 0 Å². The highest BCUT2D eigenvalue weighted by Crippen LogP contribution is 2.21. The van der Waals surface area contributed by atoms with Gasteiger partial charge in [0.2, 0.25) is 0 Å². The highest BCUT2D eigenvalue weighted by molar-refractivity contribution is 5.70. The predicted octanol–water partition coefficient (Wildman–Crippen LogP) is 6.83. The van der Waals surface area contributed by atoms with Crippen molar-refractivity contribution in [2.24, 2.45) is 5.92 Å². The van der Waals surface area contributed by atoms with E-state index >= 15 is 0 Å². The van der Waals surface area contributed by atoms with Crippen LogP contribution in [0.25, 0.3) is 11.3 Å². The van der Waals surface area contributed by atoms with Crippen molar-refractivity contribution in [3.05, 3.63) is 60.2 Å². The number of allylic oxidation sites excluding steroid dienone is 4. The summed E-state index contributed by atoms with van der Waals surface area (Å²) in [5, 5.41) is 3.49. The molecule has 1 N–H and O–H groups in total. The lowest BCUT2D eigenvalue weighted by molar-refractivity contribution is 0.494. The Kier molecular flexibility index (Phi) is 9.91. The monoisotopic (exact) mass is 325 g/mol. The molecule has 0 saturated carbocycles. The van der Waals surface area contributed by atoms with Gasteiger partial charge in [0, 0.05) is 12.2 Å². The van der Waals surface area contributed by atoms with Crippen LogP contribution in [-0.4, -0.2) is 6.54 Å². The van der Waals surface area contributed by atoms with Crippen molar-refractivity contribution in [1.82, 2.24) is 5.32 Å². The SMILES string of the molecule is C=C(NCC(C)CCCC)c1ccc(/C(=C/C=C\CC)CC)cc1. The molecule has 0 spiro atoms. The maximum atomic E-state index is 4.20. The second kappa shape index (κ2) is 11.7. The topological polar surface area (TPSA) is 12.0 Å². The summed E-state index contributed by atoms with van der Waals surface area (Å²) >= 11 is 0. The highest BCUT2D eigenvalue weighted by Gasteiger charge is 2.04. The molecule has 0 fully saturated rings. The van der Waals surface area contributed by atoms with E-state index in [2.05, 4.69) is 82.1 Å². The van der Waals surface area contributed by atoms with Crippen LogP contribution in [0.1, 0.15) is 70.9 Å². The zero-order chi connectivity index (χ0) is 17.8. The molecule has 0 aromatic heterocycles. The number of hydrogen-bond donors (Lipinski definition) is 1. The Morgan fingerprint density at radius 3 is 2.38 bits per heavy atom. The van der Waals surface area contributed by atoms with E-state index in [-0.39, 0.29) is 0 Å². The minimum Gasteiger partial charge on any atom is -0.385 e. The van der Waals surface area contributed by atoms with Crippen LogP contribution in [0.2, 0.25) is 0 Å². The molecule has 1 unspecified atom stereocenters. The Hall–Kier alpha value is -1.76. The van der Waals surface area contributed by atoms with Crippen molar-refractivity contribution < 1.29 is 0 Å². The Morgan fingerprint density at radius 2 is 1.79 bits per heavy atom. The van der Waals surface area contributed by atoms with Gasteiger partial charge in [-0.05, 0) is 41.9 Å². The van der Waals surface area contributed by atoms with Crippen molar-refractivity contribution in [2.45, 2.75) is 59.8 Å². The van der Waals surface area contributed by atoms with Crippen LogP contribution in [0.3, 0.4) is 0 Å². The lowest BCUT2D eigenvalue weighted by Gasteiger charge is -2.15. The van der Waals surface area contributed by atoms with Crippen LogP contribution >= 0.6 is 0 Å².